The molecule has 2 N–H and O–H groups in total. The first-order valence-corrected chi connectivity index (χ1v) is 9.68. The Morgan fingerprint density at radius 2 is 1.85 bits per heavy atom. The van der Waals surface area contributed by atoms with Crippen LogP contribution in [0.4, 0.5) is 0 Å². The van der Waals surface area contributed by atoms with Crippen LogP contribution in [-0.2, 0) is 13.1 Å². The summed E-state index contributed by atoms with van der Waals surface area (Å²) >= 11 is 0. The second kappa shape index (κ2) is 8.09. The summed E-state index contributed by atoms with van der Waals surface area (Å²) in [4.78, 5) is 11.9. The third kappa shape index (κ3) is 3.85. The molecule has 1 aliphatic carbocycles. The van der Waals surface area contributed by atoms with Crippen molar-refractivity contribution in [3.63, 3.8) is 0 Å². The number of aromatic carboxylic acids is 1. The number of nitrogens with one attached hydrogen (secondary N) is 1. The highest BCUT2D eigenvalue weighted by Gasteiger charge is 2.25. The Hall–Kier alpha value is -2.07. The number of hydrogen-bond donors (Lipinski definition) is 2. The second-order valence-electron chi connectivity index (χ2n) is 7.65. The summed E-state index contributed by atoms with van der Waals surface area (Å²) in [6.45, 7) is 7.60. The lowest BCUT2D eigenvalue weighted by Gasteiger charge is -2.29. The molecule has 1 aromatic carbocycles. The fourth-order valence-electron chi connectivity index (χ4n) is 4.30. The molecule has 2 unspecified atom stereocenters. The number of nitrogens with zero attached hydrogens (tertiary/aromatic N) is 1. The van der Waals surface area contributed by atoms with Crippen LogP contribution in [0.3, 0.4) is 0 Å². The topological polar surface area (TPSA) is 54.3 Å². The molecular formula is C22H30N2O2. The van der Waals surface area contributed by atoms with Crippen molar-refractivity contribution in [2.45, 2.75) is 65.6 Å². The molecular weight excluding hydrogens is 324 g/mol. The quantitative estimate of drug-likeness (QED) is 0.802. The third-order valence-electron chi connectivity index (χ3n) is 5.96. The van der Waals surface area contributed by atoms with Gasteiger partial charge in [-0.25, -0.2) is 4.79 Å². The normalized spacial score (nSPS) is 20.3. The third-order valence-corrected chi connectivity index (χ3v) is 5.96. The lowest BCUT2D eigenvalue weighted by molar-refractivity contribution is 0.0694. The van der Waals surface area contributed by atoms with Crippen LogP contribution in [-0.4, -0.2) is 21.7 Å². The van der Waals surface area contributed by atoms with Crippen LogP contribution in [0.2, 0.25) is 0 Å². The first-order valence-electron chi connectivity index (χ1n) is 9.68. The van der Waals surface area contributed by atoms with E-state index < -0.39 is 5.97 Å². The lowest BCUT2D eigenvalue weighted by atomic mass is 9.86. The van der Waals surface area contributed by atoms with Gasteiger partial charge in [-0.3, -0.25) is 0 Å². The Labute approximate surface area is 156 Å². The molecule has 1 heterocycles. The van der Waals surface area contributed by atoms with Gasteiger partial charge in [0.25, 0.3) is 0 Å². The van der Waals surface area contributed by atoms with E-state index in [1.165, 1.54) is 31.2 Å². The van der Waals surface area contributed by atoms with E-state index in [1.807, 2.05) is 32.0 Å². The smallest absolute Gasteiger partial charge is 0.337 e. The van der Waals surface area contributed by atoms with Gasteiger partial charge in [0.15, 0.2) is 0 Å². The van der Waals surface area contributed by atoms with Gasteiger partial charge in [0, 0.05) is 36.1 Å². The van der Waals surface area contributed by atoms with E-state index in [-0.39, 0.29) is 0 Å². The number of benzene rings is 1. The summed E-state index contributed by atoms with van der Waals surface area (Å²) in [5, 5.41) is 13.4. The largest absolute Gasteiger partial charge is 0.478 e. The van der Waals surface area contributed by atoms with E-state index in [4.69, 9.17) is 0 Å². The molecule has 2 atom stereocenters. The van der Waals surface area contributed by atoms with Gasteiger partial charge in [-0.2, -0.15) is 0 Å². The molecule has 1 aromatic heterocycles. The van der Waals surface area contributed by atoms with Crippen LogP contribution in [0.25, 0.3) is 0 Å². The van der Waals surface area contributed by atoms with Gasteiger partial charge in [-0.1, -0.05) is 50.1 Å². The molecule has 0 aliphatic heterocycles. The van der Waals surface area contributed by atoms with Gasteiger partial charge >= 0.3 is 5.97 Å². The first-order chi connectivity index (χ1) is 12.5. The van der Waals surface area contributed by atoms with Gasteiger partial charge in [0.1, 0.15) is 0 Å². The first kappa shape index (κ1) is 18.7. The second-order valence-corrected chi connectivity index (χ2v) is 7.65. The Morgan fingerprint density at radius 3 is 2.50 bits per heavy atom. The molecule has 26 heavy (non-hydrogen) atoms. The number of aromatic nitrogens is 1. The van der Waals surface area contributed by atoms with Gasteiger partial charge in [-0.15, -0.1) is 0 Å². The average molecular weight is 354 g/mol. The molecule has 1 aliphatic rings. The van der Waals surface area contributed by atoms with E-state index >= 15 is 0 Å². The molecule has 1 saturated carbocycles. The van der Waals surface area contributed by atoms with E-state index in [0.717, 1.165) is 17.0 Å². The summed E-state index contributed by atoms with van der Waals surface area (Å²) < 4.78 is 2.14. The SMILES string of the molecule is Cc1c(CNC2CCCCC2C)c(C(=O)O)c(C)n1Cc1ccccc1. The fraction of sp³-hybridized carbons (Fsp3) is 0.500. The van der Waals surface area contributed by atoms with Crippen molar-refractivity contribution in [1.29, 1.82) is 0 Å². The molecule has 4 heteroatoms. The van der Waals surface area contributed by atoms with Crippen molar-refractivity contribution in [2.24, 2.45) is 5.92 Å². The van der Waals surface area contributed by atoms with Gasteiger partial charge in [-0.05, 0) is 38.2 Å². The highest BCUT2D eigenvalue weighted by atomic mass is 16.4. The zero-order valence-electron chi connectivity index (χ0n) is 16.1. The standard InChI is InChI=1S/C22H30N2O2/c1-15-9-7-8-12-20(15)23-13-19-16(2)24(17(3)21(19)22(25)26)14-18-10-5-4-6-11-18/h4-6,10-11,15,20,23H,7-9,12-14H2,1-3H3,(H,25,26). The van der Waals surface area contributed by atoms with Crippen LogP contribution in [0.1, 0.15) is 65.5 Å². The number of hydrogen-bond acceptors (Lipinski definition) is 2. The van der Waals surface area contributed by atoms with Gasteiger partial charge in [0.2, 0.25) is 0 Å². The van der Waals surface area contributed by atoms with Crippen molar-refractivity contribution < 1.29 is 9.90 Å². The average Bonchev–Trinajstić information content (AvgIpc) is 2.86. The Bertz CT molecular complexity index is 764. The molecule has 2 aromatic rings. The molecule has 0 amide bonds. The van der Waals surface area contributed by atoms with E-state index in [9.17, 15) is 9.90 Å². The molecule has 4 nitrogen and oxygen atoms in total. The minimum absolute atomic E-state index is 0.467. The van der Waals surface area contributed by atoms with Crippen molar-refractivity contribution >= 4 is 5.97 Å². The molecule has 0 bridgehead atoms. The number of rotatable bonds is 6. The van der Waals surface area contributed by atoms with Crippen LogP contribution >= 0.6 is 0 Å². The predicted octanol–water partition coefficient (Wildman–Crippen LogP) is 4.52. The van der Waals surface area contributed by atoms with Crippen molar-refractivity contribution in [1.82, 2.24) is 9.88 Å². The van der Waals surface area contributed by atoms with Crippen molar-refractivity contribution in [2.75, 3.05) is 0 Å². The Balaban J connectivity index is 1.86. The summed E-state index contributed by atoms with van der Waals surface area (Å²) in [5.74, 6) is -0.171. The number of carboxylic acids is 1. The lowest BCUT2D eigenvalue weighted by Crippen LogP contribution is -2.37. The monoisotopic (exact) mass is 354 g/mol. The van der Waals surface area contributed by atoms with Crippen LogP contribution in [0.5, 0.6) is 0 Å². The van der Waals surface area contributed by atoms with Crippen LogP contribution in [0, 0.1) is 19.8 Å². The van der Waals surface area contributed by atoms with Crippen LogP contribution in [0.15, 0.2) is 30.3 Å². The molecule has 0 spiro atoms. The summed E-state index contributed by atoms with van der Waals surface area (Å²) in [7, 11) is 0. The molecule has 1 fully saturated rings. The zero-order valence-corrected chi connectivity index (χ0v) is 16.1. The Kier molecular flexibility index (Phi) is 5.82. The zero-order chi connectivity index (χ0) is 18.7. The summed E-state index contributed by atoms with van der Waals surface area (Å²) in [5.41, 5.74) is 4.48. The molecule has 3 rings (SSSR count). The van der Waals surface area contributed by atoms with E-state index in [1.54, 1.807) is 0 Å². The van der Waals surface area contributed by atoms with Gasteiger partial charge < -0.3 is 15.0 Å². The highest BCUT2D eigenvalue weighted by molar-refractivity contribution is 5.91. The minimum atomic E-state index is -0.828. The minimum Gasteiger partial charge on any atom is -0.478 e. The van der Waals surface area contributed by atoms with Crippen LogP contribution < -0.4 is 5.32 Å². The fourth-order valence-corrected chi connectivity index (χ4v) is 4.30. The van der Waals surface area contributed by atoms with Gasteiger partial charge in [0.05, 0.1) is 5.56 Å². The van der Waals surface area contributed by atoms with Crippen molar-refractivity contribution in [3.8, 4) is 0 Å². The predicted molar refractivity (Wildman–Crippen MR) is 105 cm³/mol. The number of carboxylic acid groups (broad SMARTS) is 1. The maximum Gasteiger partial charge on any atom is 0.337 e. The maximum absolute atomic E-state index is 11.9. The maximum atomic E-state index is 11.9. The Morgan fingerprint density at radius 1 is 1.15 bits per heavy atom. The highest BCUT2D eigenvalue weighted by Crippen LogP contribution is 2.27. The summed E-state index contributed by atoms with van der Waals surface area (Å²) in [6.07, 6.45) is 5.02. The van der Waals surface area contributed by atoms with E-state index in [0.29, 0.717) is 30.6 Å². The molecule has 140 valence electrons. The summed E-state index contributed by atoms with van der Waals surface area (Å²) in [6, 6.07) is 10.7. The molecule has 0 radical (unpaired) electrons. The number of carbonyl (C=O) groups is 1. The van der Waals surface area contributed by atoms with Crippen molar-refractivity contribution in [3.05, 3.63) is 58.4 Å². The molecule has 0 saturated heterocycles. The van der Waals surface area contributed by atoms with E-state index in [2.05, 4.69) is 28.9 Å².